The Bertz CT molecular complexity index is 1370. The van der Waals surface area contributed by atoms with Gasteiger partial charge in [-0.1, -0.05) is 30.3 Å². The molecule has 36 heavy (non-hydrogen) atoms. The topological polar surface area (TPSA) is 102 Å². The van der Waals surface area contributed by atoms with Crippen molar-refractivity contribution in [2.45, 2.75) is 52.2 Å². The van der Waals surface area contributed by atoms with Gasteiger partial charge in [0.05, 0.1) is 12.6 Å². The molecule has 9 heteroatoms. The molecule has 0 bridgehead atoms. The van der Waals surface area contributed by atoms with Gasteiger partial charge in [0.25, 0.3) is 5.91 Å². The minimum absolute atomic E-state index is 0.127. The van der Waals surface area contributed by atoms with Crippen molar-refractivity contribution in [3.05, 3.63) is 72.2 Å². The highest BCUT2D eigenvalue weighted by Gasteiger charge is 2.37. The fourth-order valence-corrected chi connectivity index (χ4v) is 3.90. The number of benzene rings is 2. The number of amides is 2. The maximum absolute atomic E-state index is 14.0. The first-order valence-corrected chi connectivity index (χ1v) is 11.8. The van der Waals surface area contributed by atoms with Crippen LogP contribution in [0.3, 0.4) is 0 Å². The fraction of sp³-hybridized carbons (Fsp3) is 0.333. The molecule has 4 rings (SSSR count). The molecule has 2 amide bonds. The smallest absolute Gasteiger partial charge is 0.251 e. The first-order valence-electron chi connectivity index (χ1n) is 11.8. The average molecular weight is 490 g/mol. The number of carbonyl (C=O) groups excluding carboxylic acids is 2. The summed E-state index contributed by atoms with van der Waals surface area (Å²) in [4.78, 5) is 29.2. The summed E-state index contributed by atoms with van der Waals surface area (Å²) in [6.45, 7) is 7.54. The number of fused-ring (bicyclic) bond motifs is 1. The molecule has 0 spiro atoms. The molecule has 1 N–H and O–H groups in total. The van der Waals surface area contributed by atoms with Crippen molar-refractivity contribution >= 4 is 28.5 Å². The third-order valence-corrected chi connectivity index (χ3v) is 6.19. The second-order valence-electron chi connectivity index (χ2n) is 9.28. The van der Waals surface area contributed by atoms with Crippen molar-refractivity contribution in [1.82, 2.24) is 20.3 Å². The lowest BCUT2D eigenvalue weighted by molar-refractivity contribution is -0.128. The highest BCUT2D eigenvalue weighted by atomic mass is 16.5. The van der Waals surface area contributed by atoms with E-state index in [9.17, 15) is 9.59 Å². The lowest BCUT2D eigenvalue weighted by Gasteiger charge is -2.33. The number of aromatic nitrogens is 3. The monoisotopic (exact) mass is 489 g/mol. The van der Waals surface area contributed by atoms with Crippen molar-refractivity contribution in [2.75, 3.05) is 12.0 Å². The Kier molecular flexibility index (Phi) is 7.10. The summed E-state index contributed by atoms with van der Waals surface area (Å²) in [6, 6.07) is 16.9. The van der Waals surface area contributed by atoms with Crippen molar-refractivity contribution < 1.29 is 18.7 Å². The van der Waals surface area contributed by atoms with Crippen LogP contribution in [0.5, 0.6) is 5.75 Å². The van der Waals surface area contributed by atoms with Crippen molar-refractivity contribution in [3.63, 3.8) is 0 Å². The molecule has 0 fully saturated rings. The van der Waals surface area contributed by atoms with E-state index in [2.05, 4.69) is 15.6 Å². The number of para-hydroxylation sites is 1. The first-order chi connectivity index (χ1) is 17.2. The molecule has 4 aromatic rings. The Morgan fingerprint density at radius 3 is 2.61 bits per heavy atom. The standard InChI is InChI=1S/C27H31N5O4/c1-6-27(3,4)28-26(34)25(23-15-14-18(2)36-23)32(19-10-9-11-20(16-19)35-5)24(33)17-31-22-13-8-7-12-21(22)29-30-31/h7-16,25H,6,17H2,1-5H3,(H,28,34)/t25-/m1/s1. The highest BCUT2D eigenvalue weighted by Crippen LogP contribution is 2.32. The predicted octanol–water partition coefficient (Wildman–Crippen LogP) is 4.42. The quantitative estimate of drug-likeness (QED) is 0.373. The van der Waals surface area contributed by atoms with Crippen molar-refractivity contribution in [3.8, 4) is 5.75 Å². The van der Waals surface area contributed by atoms with Crippen LogP contribution in [0, 0.1) is 6.92 Å². The van der Waals surface area contributed by atoms with Crippen LogP contribution in [-0.4, -0.2) is 39.5 Å². The van der Waals surface area contributed by atoms with Crippen molar-refractivity contribution in [2.24, 2.45) is 0 Å². The minimum atomic E-state index is -1.06. The van der Waals surface area contributed by atoms with Gasteiger partial charge in [0.2, 0.25) is 5.91 Å². The lowest BCUT2D eigenvalue weighted by Crippen LogP contribution is -2.51. The zero-order valence-electron chi connectivity index (χ0n) is 21.2. The SMILES string of the molecule is CCC(C)(C)NC(=O)[C@@H](c1ccc(C)o1)N(C(=O)Cn1nnc2ccccc21)c1cccc(OC)c1. The average Bonchev–Trinajstić information content (AvgIpc) is 3.48. The van der Waals surface area contributed by atoms with E-state index in [1.807, 2.05) is 45.0 Å². The van der Waals surface area contributed by atoms with Crippen LogP contribution >= 0.6 is 0 Å². The molecule has 0 aliphatic carbocycles. The lowest BCUT2D eigenvalue weighted by atomic mass is 10.0. The van der Waals surface area contributed by atoms with E-state index in [0.717, 1.165) is 5.52 Å². The zero-order valence-corrected chi connectivity index (χ0v) is 21.2. The van der Waals surface area contributed by atoms with Gasteiger partial charge < -0.3 is 14.5 Å². The number of nitrogens with one attached hydrogen (secondary N) is 1. The van der Waals surface area contributed by atoms with Gasteiger partial charge in [0.15, 0.2) is 6.04 Å². The normalized spacial score (nSPS) is 12.4. The molecule has 0 aliphatic rings. The van der Waals surface area contributed by atoms with Gasteiger partial charge >= 0.3 is 0 Å². The molecule has 0 radical (unpaired) electrons. The number of hydrogen-bond donors (Lipinski definition) is 1. The third kappa shape index (κ3) is 5.25. The van der Waals surface area contributed by atoms with Gasteiger partial charge in [-0.15, -0.1) is 5.10 Å². The number of hydrogen-bond acceptors (Lipinski definition) is 6. The molecule has 188 valence electrons. The van der Waals surface area contributed by atoms with Gasteiger partial charge in [-0.25, -0.2) is 4.68 Å². The Morgan fingerprint density at radius 1 is 1.14 bits per heavy atom. The predicted molar refractivity (Wildman–Crippen MR) is 137 cm³/mol. The maximum Gasteiger partial charge on any atom is 0.251 e. The number of ether oxygens (including phenoxy) is 1. The number of rotatable bonds is 9. The van der Waals surface area contributed by atoms with Crippen LogP contribution in [0.15, 0.2) is 65.1 Å². The van der Waals surface area contributed by atoms with E-state index < -0.39 is 11.6 Å². The molecule has 0 unspecified atom stereocenters. The molecule has 2 heterocycles. The van der Waals surface area contributed by atoms with E-state index in [-0.39, 0.29) is 18.4 Å². The van der Waals surface area contributed by atoms with Crippen LogP contribution in [0.25, 0.3) is 11.0 Å². The fourth-order valence-electron chi connectivity index (χ4n) is 3.90. The van der Waals surface area contributed by atoms with Crippen LogP contribution in [0.2, 0.25) is 0 Å². The molecule has 2 aromatic carbocycles. The molecule has 2 aromatic heterocycles. The van der Waals surface area contributed by atoms with E-state index in [1.54, 1.807) is 50.4 Å². The Labute approximate surface area is 210 Å². The number of nitrogens with zero attached hydrogens (tertiary/aromatic N) is 4. The summed E-state index contributed by atoms with van der Waals surface area (Å²) in [7, 11) is 1.55. The van der Waals surface area contributed by atoms with E-state index in [4.69, 9.17) is 9.15 Å². The van der Waals surface area contributed by atoms with Gasteiger partial charge in [0.1, 0.15) is 29.3 Å². The highest BCUT2D eigenvalue weighted by molar-refractivity contribution is 6.01. The Balaban J connectivity index is 1.82. The largest absolute Gasteiger partial charge is 0.497 e. The summed E-state index contributed by atoms with van der Waals surface area (Å²) >= 11 is 0. The van der Waals surface area contributed by atoms with E-state index in [1.165, 1.54) is 9.58 Å². The van der Waals surface area contributed by atoms with Crippen LogP contribution < -0.4 is 15.0 Å². The Hall–Kier alpha value is -4.14. The molecular weight excluding hydrogens is 458 g/mol. The molecular formula is C27H31N5O4. The summed E-state index contributed by atoms with van der Waals surface area (Å²) in [5.74, 6) is 0.841. The van der Waals surface area contributed by atoms with Gasteiger partial charge in [0, 0.05) is 17.3 Å². The van der Waals surface area contributed by atoms with Gasteiger partial charge in [-0.3, -0.25) is 14.5 Å². The number of anilines is 1. The first kappa shape index (κ1) is 25.0. The number of carbonyl (C=O) groups is 2. The molecule has 1 atom stereocenters. The van der Waals surface area contributed by atoms with Crippen LogP contribution in [0.4, 0.5) is 5.69 Å². The summed E-state index contributed by atoms with van der Waals surface area (Å²) in [6.07, 6.45) is 0.709. The molecule has 0 aliphatic heterocycles. The van der Waals surface area contributed by atoms with E-state index in [0.29, 0.717) is 34.9 Å². The summed E-state index contributed by atoms with van der Waals surface area (Å²) in [5, 5.41) is 11.4. The second kappa shape index (κ2) is 10.2. The number of methoxy groups -OCH3 is 1. The van der Waals surface area contributed by atoms with Crippen molar-refractivity contribution in [1.29, 1.82) is 0 Å². The van der Waals surface area contributed by atoms with Gasteiger partial charge in [-0.2, -0.15) is 0 Å². The number of furan rings is 1. The Morgan fingerprint density at radius 2 is 1.92 bits per heavy atom. The third-order valence-electron chi connectivity index (χ3n) is 6.19. The number of aryl methyl sites for hydroxylation is 1. The summed E-state index contributed by atoms with van der Waals surface area (Å²) < 4.78 is 12.8. The molecule has 9 nitrogen and oxygen atoms in total. The minimum Gasteiger partial charge on any atom is -0.497 e. The van der Waals surface area contributed by atoms with E-state index >= 15 is 0 Å². The maximum atomic E-state index is 14.0. The molecule has 0 saturated carbocycles. The molecule has 0 saturated heterocycles. The van der Waals surface area contributed by atoms with Crippen LogP contribution in [-0.2, 0) is 16.1 Å². The zero-order chi connectivity index (χ0) is 25.9. The summed E-state index contributed by atoms with van der Waals surface area (Å²) in [5.41, 5.74) is 1.41. The van der Waals surface area contributed by atoms with Crippen LogP contribution in [0.1, 0.15) is 44.8 Å². The van der Waals surface area contributed by atoms with Gasteiger partial charge in [-0.05, 0) is 63.6 Å². The second-order valence-corrected chi connectivity index (χ2v) is 9.28.